The molecule has 8 nitrogen and oxygen atoms in total. The number of carbonyl (C=O) groups excluding carboxylic acids is 1. The van der Waals surface area contributed by atoms with Gasteiger partial charge in [0.15, 0.2) is 5.58 Å². The molecule has 37 heavy (non-hydrogen) atoms. The Morgan fingerprint density at radius 3 is 2.41 bits per heavy atom. The summed E-state index contributed by atoms with van der Waals surface area (Å²) in [5, 5.41) is 14.1. The number of hydrogen-bond acceptors (Lipinski definition) is 8. The van der Waals surface area contributed by atoms with Crippen LogP contribution in [-0.4, -0.2) is 52.6 Å². The van der Waals surface area contributed by atoms with Gasteiger partial charge in [0.2, 0.25) is 5.60 Å². The maximum Gasteiger partial charge on any atom is 0.419 e. The molecule has 0 spiro atoms. The molecule has 0 radical (unpaired) electrons. The molecule has 5 rings (SSSR count). The Morgan fingerprint density at radius 1 is 1.16 bits per heavy atom. The zero-order valence-corrected chi connectivity index (χ0v) is 22.0. The Bertz CT molecular complexity index is 1380. The standard InChI is InChI=1S/C27H28N2O6S2/c1-28(12-13-29-21-11-6-18(17-30)16-22(21)34-26(29)33)19-7-9-20(10-8-19)35-27(25(31)32,23-4-2-14-36-23)24-5-3-15-37-24/h2-6,11,14-17,19-20H,7-10,12-13H2,1H3,(H,31,32). The quantitative estimate of drug-likeness (QED) is 0.288. The summed E-state index contributed by atoms with van der Waals surface area (Å²) < 4.78 is 13.4. The maximum atomic E-state index is 12.6. The number of rotatable bonds is 10. The van der Waals surface area contributed by atoms with E-state index in [0.29, 0.717) is 45.5 Å². The largest absolute Gasteiger partial charge is 0.479 e. The first-order valence-corrected chi connectivity index (χ1v) is 14.0. The number of benzene rings is 1. The molecule has 194 valence electrons. The third kappa shape index (κ3) is 4.94. The highest BCUT2D eigenvalue weighted by molar-refractivity contribution is 7.12. The Labute approximate surface area is 221 Å². The van der Waals surface area contributed by atoms with Crippen molar-refractivity contribution in [1.29, 1.82) is 0 Å². The minimum atomic E-state index is -1.49. The first-order valence-electron chi connectivity index (χ1n) is 12.2. The fourth-order valence-corrected chi connectivity index (χ4v) is 6.93. The minimum absolute atomic E-state index is 0.169. The van der Waals surface area contributed by atoms with Crippen molar-refractivity contribution in [3.63, 3.8) is 0 Å². The Morgan fingerprint density at radius 2 is 1.84 bits per heavy atom. The van der Waals surface area contributed by atoms with Gasteiger partial charge in [-0.2, -0.15) is 0 Å². The molecule has 0 amide bonds. The summed E-state index contributed by atoms with van der Waals surface area (Å²) in [6.45, 7) is 1.13. The van der Waals surface area contributed by atoms with Gasteiger partial charge in [-0.15, -0.1) is 22.7 Å². The number of aliphatic carboxylic acids is 1. The Balaban J connectivity index is 1.23. The first kappa shape index (κ1) is 25.6. The average Bonchev–Trinajstić information content (AvgIpc) is 3.68. The highest BCUT2D eigenvalue weighted by atomic mass is 32.1. The van der Waals surface area contributed by atoms with E-state index in [1.165, 1.54) is 22.7 Å². The van der Waals surface area contributed by atoms with E-state index >= 15 is 0 Å². The molecule has 1 N–H and O–H groups in total. The molecule has 3 heterocycles. The molecule has 0 unspecified atom stereocenters. The van der Waals surface area contributed by atoms with Gasteiger partial charge in [0.05, 0.1) is 21.4 Å². The molecule has 0 atom stereocenters. The number of likely N-dealkylation sites (N-methyl/N-ethyl adjacent to an activating group) is 1. The van der Waals surface area contributed by atoms with Gasteiger partial charge < -0.3 is 19.2 Å². The van der Waals surface area contributed by atoms with Crippen LogP contribution in [0, 0.1) is 0 Å². The third-order valence-corrected chi connectivity index (χ3v) is 9.09. The average molecular weight is 541 g/mol. The minimum Gasteiger partial charge on any atom is -0.479 e. The van der Waals surface area contributed by atoms with E-state index in [1.54, 1.807) is 22.8 Å². The first-order chi connectivity index (χ1) is 17.9. The summed E-state index contributed by atoms with van der Waals surface area (Å²) in [6.07, 6.45) is 3.81. The van der Waals surface area contributed by atoms with Crippen molar-refractivity contribution in [2.75, 3.05) is 13.6 Å². The van der Waals surface area contributed by atoms with E-state index in [2.05, 4.69) is 4.90 Å². The number of nitrogens with zero attached hydrogens (tertiary/aromatic N) is 2. The zero-order valence-electron chi connectivity index (χ0n) is 20.4. The van der Waals surface area contributed by atoms with Crippen molar-refractivity contribution in [3.05, 3.63) is 79.1 Å². The van der Waals surface area contributed by atoms with Crippen molar-refractivity contribution in [1.82, 2.24) is 9.47 Å². The van der Waals surface area contributed by atoms with Crippen LogP contribution in [0.1, 0.15) is 45.8 Å². The second-order valence-electron chi connectivity index (χ2n) is 9.33. The zero-order chi connectivity index (χ0) is 26.0. The van der Waals surface area contributed by atoms with E-state index in [4.69, 9.17) is 9.15 Å². The lowest BCUT2D eigenvalue weighted by atomic mass is 9.90. The Kier molecular flexibility index (Phi) is 7.43. The van der Waals surface area contributed by atoms with E-state index in [1.807, 2.05) is 42.1 Å². The molecule has 10 heteroatoms. The second-order valence-corrected chi connectivity index (χ2v) is 11.2. The van der Waals surface area contributed by atoms with Crippen LogP contribution in [0.5, 0.6) is 0 Å². The highest BCUT2D eigenvalue weighted by Gasteiger charge is 2.48. The van der Waals surface area contributed by atoms with E-state index < -0.39 is 17.3 Å². The number of carboxylic acid groups (broad SMARTS) is 1. The molecule has 4 aromatic rings. The summed E-state index contributed by atoms with van der Waals surface area (Å²) in [7, 11) is 2.04. The molecule has 1 aliphatic rings. The van der Waals surface area contributed by atoms with Crippen molar-refractivity contribution in [2.45, 2.75) is 50.0 Å². The number of aromatic nitrogens is 1. The van der Waals surface area contributed by atoms with Crippen LogP contribution in [0.3, 0.4) is 0 Å². The van der Waals surface area contributed by atoms with Crippen molar-refractivity contribution >= 4 is 46.0 Å². The predicted molar refractivity (Wildman–Crippen MR) is 143 cm³/mol. The van der Waals surface area contributed by atoms with Crippen LogP contribution in [0.25, 0.3) is 11.1 Å². The van der Waals surface area contributed by atoms with Gasteiger partial charge in [0.25, 0.3) is 0 Å². The van der Waals surface area contributed by atoms with Crippen LogP contribution in [0.15, 0.2) is 62.4 Å². The van der Waals surface area contributed by atoms with E-state index in [0.717, 1.165) is 32.0 Å². The monoisotopic (exact) mass is 540 g/mol. The van der Waals surface area contributed by atoms with Gasteiger partial charge >= 0.3 is 11.7 Å². The van der Waals surface area contributed by atoms with Gasteiger partial charge in [-0.1, -0.05) is 12.1 Å². The van der Waals surface area contributed by atoms with Gasteiger partial charge in [0, 0.05) is 24.7 Å². The lowest BCUT2D eigenvalue weighted by molar-refractivity contribution is -0.170. The van der Waals surface area contributed by atoms with E-state index in [9.17, 15) is 19.5 Å². The number of ether oxygens (including phenoxy) is 1. The molecule has 0 saturated heterocycles. The van der Waals surface area contributed by atoms with Crippen molar-refractivity contribution in [2.24, 2.45) is 0 Å². The van der Waals surface area contributed by atoms with Crippen molar-refractivity contribution in [3.8, 4) is 0 Å². The van der Waals surface area contributed by atoms with Crippen LogP contribution in [0.4, 0.5) is 0 Å². The molecule has 1 saturated carbocycles. The third-order valence-electron chi connectivity index (χ3n) is 7.15. The smallest absolute Gasteiger partial charge is 0.419 e. The van der Waals surface area contributed by atoms with Crippen LogP contribution in [-0.2, 0) is 21.7 Å². The molecule has 1 aromatic carbocycles. The molecule has 1 aliphatic carbocycles. The van der Waals surface area contributed by atoms with Crippen LogP contribution in [0.2, 0.25) is 0 Å². The number of oxazole rings is 1. The fourth-order valence-electron chi connectivity index (χ4n) is 5.12. The van der Waals surface area contributed by atoms with Gasteiger partial charge in [-0.3, -0.25) is 9.36 Å². The molecule has 3 aromatic heterocycles. The molecule has 0 aliphatic heterocycles. The molecule has 1 fully saturated rings. The number of carboxylic acids is 1. The van der Waals surface area contributed by atoms with E-state index in [-0.39, 0.29) is 6.10 Å². The number of carbonyl (C=O) groups is 2. The fraction of sp³-hybridized carbons (Fsp3) is 0.370. The van der Waals surface area contributed by atoms with Gasteiger partial charge in [0.1, 0.15) is 6.29 Å². The number of thiophene rings is 2. The Hall–Kier alpha value is -3.05. The number of hydrogen-bond donors (Lipinski definition) is 1. The summed E-state index contributed by atoms with van der Waals surface area (Å²) in [4.78, 5) is 39.6. The summed E-state index contributed by atoms with van der Waals surface area (Å²) in [5.41, 5.74) is 0.0648. The number of aldehydes is 1. The predicted octanol–water partition coefficient (Wildman–Crippen LogP) is 4.82. The molecular formula is C27H28N2O6S2. The van der Waals surface area contributed by atoms with Crippen molar-refractivity contribution < 1.29 is 23.8 Å². The molecule has 0 bridgehead atoms. The maximum absolute atomic E-state index is 12.6. The lowest BCUT2D eigenvalue weighted by Gasteiger charge is -2.38. The van der Waals surface area contributed by atoms with Gasteiger partial charge in [-0.05, 0) is 73.8 Å². The highest BCUT2D eigenvalue weighted by Crippen LogP contribution is 2.42. The summed E-state index contributed by atoms with van der Waals surface area (Å²) in [6, 6.07) is 12.7. The topological polar surface area (TPSA) is 102 Å². The van der Waals surface area contributed by atoms with Crippen LogP contribution < -0.4 is 5.76 Å². The second kappa shape index (κ2) is 10.7. The number of fused-ring (bicyclic) bond motifs is 1. The lowest BCUT2D eigenvalue weighted by Crippen LogP contribution is -2.45. The summed E-state index contributed by atoms with van der Waals surface area (Å²) >= 11 is 2.80. The summed E-state index contributed by atoms with van der Waals surface area (Å²) in [5.74, 6) is -1.43. The van der Waals surface area contributed by atoms with Crippen LogP contribution >= 0.6 is 22.7 Å². The SMILES string of the molecule is CN(CCn1c(=O)oc2cc(C=O)ccc21)C1CCC(OC(C(=O)O)(c2cccs2)c2cccs2)CC1. The normalized spacial score (nSPS) is 18.4. The molecular weight excluding hydrogens is 512 g/mol. The van der Waals surface area contributed by atoms with Gasteiger partial charge in [-0.25, -0.2) is 9.59 Å².